The molecule has 0 unspecified atom stereocenters. The van der Waals surface area contributed by atoms with Crippen LogP contribution in [0.2, 0.25) is 0 Å². The van der Waals surface area contributed by atoms with Crippen molar-refractivity contribution in [1.82, 2.24) is 0 Å². The van der Waals surface area contributed by atoms with Crippen molar-refractivity contribution < 1.29 is 0 Å². The molecule has 21 heavy (non-hydrogen) atoms. The SMILES string of the molecule is Cc1cc(N)ccc1NCCC1=CCc2c(C)cccc21. The first-order valence-corrected chi connectivity index (χ1v) is 7.53. The Kier molecular flexibility index (Phi) is 3.70. The predicted molar refractivity (Wildman–Crippen MR) is 91.6 cm³/mol. The van der Waals surface area contributed by atoms with E-state index < -0.39 is 0 Å². The smallest absolute Gasteiger partial charge is 0.0371 e. The summed E-state index contributed by atoms with van der Waals surface area (Å²) in [6, 6.07) is 12.6. The molecule has 0 saturated carbocycles. The highest BCUT2D eigenvalue weighted by Crippen LogP contribution is 2.31. The van der Waals surface area contributed by atoms with Crippen molar-refractivity contribution in [3.8, 4) is 0 Å². The molecule has 2 aromatic rings. The van der Waals surface area contributed by atoms with E-state index in [4.69, 9.17) is 5.73 Å². The molecule has 0 fully saturated rings. The minimum absolute atomic E-state index is 0.820. The number of hydrogen-bond donors (Lipinski definition) is 2. The summed E-state index contributed by atoms with van der Waals surface area (Å²) in [5.41, 5.74) is 14.8. The Balaban J connectivity index is 1.64. The predicted octanol–water partition coefficient (Wildman–Crippen LogP) is 4.33. The van der Waals surface area contributed by atoms with Gasteiger partial charge in [-0.1, -0.05) is 24.3 Å². The Labute approximate surface area is 126 Å². The quantitative estimate of drug-likeness (QED) is 0.817. The molecule has 0 saturated heterocycles. The number of fused-ring (bicyclic) bond motifs is 1. The van der Waals surface area contributed by atoms with Gasteiger partial charge >= 0.3 is 0 Å². The van der Waals surface area contributed by atoms with Gasteiger partial charge in [-0.15, -0.1) is 0 Å². The maximum absolute atomic E-state index is 5.79. The molecule has 3 rings (SSSR count). The Morgan fingerprint density at radius 1 is 1.10 bits per heavy atom. The van der Waals surface area contributed by atoms with Gasteiger partial charge in [0.05, 0.1) is 0 Å². The molecule has 0 aliphatic heterocycles. The molecule has 0 atom stereocenters. The van der Waals surface area contributed by atoms with Crippen LogP contribution < -0.4 is 11.1 Å². The number of nitrogen functional groups attached to an aromatic ring is 1. The van der Waals surface area contributed by atoms with Gasteiger partial charge in [0.2, 0.25) is 0 Å². The topological polar surface area (TPSA) is 38.0 Å². The summed E-state index contributed by atoms with van der Waals surface area (Å²) in [5.74, 6) is 0. The Bertz CT molecular complexity index is 699. The fraction of sp³-hybridized carbons (Fsp3) is 0.263. The van der Waals surface area contributed by atoms with Gasteiger partial charge in [-0.2, -0.15) is 0 Å². The number of rotatable bonds is 4. The number of nitrogens with one attached hydrogen (secondary N) is 1. The second-order valence-electron chi connectivity index (χ2n) is 5.79. The van der Waals surface area contributed by atoms with Crippen molar-refractivity contribution in [3.05, 3.63) is 64.7 Å². The zero-order valence-electron chi connectivity index (χ0n) is 12.7. The zero-order chi connectivity index (χ0) is 14.8. The van der Waals surface area contributed by atoms with E-state index in [0.717, 1.165) is 25.1 Å². The van der Waals surface area contributed by atoms with E-state index in [9.17, 15) is 0 Å². The fourth-order valence-corrected chi connectivity index (χ4v) is 3.06. The number of benzene rings is 2. The molecule has 0 radical (unpaired) electrons. The lowest BCUT2D eigenvalue weighted by molar-refractivity contribution is 1.08. The van der Waals surface area contributed by atoms with Gasteiger partial charge in [-0.25, -0.2) is 0 Å². The molecule has 2 heteroatoms. The summed E-state index contributed by atoms with van der Waals surface area (Å²) in [5, 5.41) is 3.52. The second-order valence-corrected chi connectivity index (χ2v) is 5.79. The van der Waals surface area contributed by atoms with E-state index in [0.29, 0.717) is 0 Å². The summed E-state index contributed by atoms with van der Waals surface area (Å²) in [6.45, 7) is 5.24. The van der Waals surface area contributed by atoms with Crippen LogP contribution in [0.3, 0.4) is 0 Å². The molecule has 108 valence electrons. The number of hydrogen-bond acceptors (Lipinski definition) is 2. The normalized spacial score (nSPS) is 13.0. The van der Waals surface area contributed by atoms with Crippen LogP contribution in [0.25, 0.3) is 5.57 Å². The van der Waals surface area contributed by atoms with Crippen LogP contribution in [0.1, 0.15) is 28.7 Å². The van der Waals surface area contributed by atoms with Gasteiger partial charge in [-0.05, 0) is 72.7 Å². The van der Waals surface area contributed by atoms with E-state index in [2.05, 4.69) is 49.5 Å². The average Bonchev–Trinajstić information content (AvgIpc) is 2.86. The first kappa shape index (κ1) is 13.7. The first-order valence-electron chi connectivity index (χ1n) is 7.53. The monoisotopic (exact) mass is 278 g/mol. The molecule has 0 amide bonds. The van der Waals surface area contributed by atoms with Crippen LogP contribution in [0.4, 0.5) is 11.4 Å². The molecule has 2 nitrogen and oxygen atoms in total. The first-order chi connectivity index (χ1) is 10.1. The Hall–Kier alpha value is -2.22. The summed E-state index contributed by atoms with van der Waals surface area (Å²) >= 11 is 0. The van der Waals surface area contributed by atoms with Crippen molar-refractivity contribution >= 4 is 16.9 Å². The number of allylic oxidation sites excluding steroid dienone is 1. The maximum Gasteiger partial charge on any atom is 0.0371 e. The van der Waals surface area contributed by atoms with Crippen LogP contribution in [-0.4, -0.2) is 6.54 Å². The standard InChI is InChI=1S/C19H22N2/c1-13-4-3-5-18-15(6-8-17(13)18)10-11-21-19-9-7-16(20)12-14(19)2/h3-7,9,12,21H,8,10-11,20H2,1-2H3. The van der Waals surface area contributed by atoms with Gasteiger partial charge in [0.15, 0.2) is 0 Å². The highest BCUT2D eigenvalue weighted by Gasteiger charge is 2.14. The van der Waals surface area contributed by atoms with Crippen molar-refractivity contribution in [2.45, 2.75) is 26.7 Å². The lowest BCUT2D eigenvalue weighted by atomic mass is 10.00. The highest BCUT2D eigenvalue weighted by molar-refractivity contribution is 5.74. The van der Waals surface area contributed by atoms with Crippen molar-refractivity contribution in [3.63, 3.8) is 0 Å². The minimum atomic E-state index is 0.820. The van der Waals surface area contributed by atoms with Crippen LogP contribution in [-0.2, 0) is 6.42 Å². The van der Waals surface area contributed by atoms with Crippen LogP contribution in [0, 0.1) is 13.8 Å². The van der Waals surface area contributed by atoms with Gasteiger partial charge in [-0.3, -0.25) is 0 Å². The molecule has 3 N–H and O–H groups in total. The van der Waals surface area contributed by atoms with Gasteiger partial charge < -0.3 is 11.1 Å². The van der Waals surface area contributed by atoms with Gasteiger partial charge in [0.1, 0.15) is 0 Å². The molecular formula is C19H22N2. The van der Waals surface area contributed by atoms with Crippen LogP contribution >= 0.6 is 0 Å². The van der Waals surface area contributed by atoms with Crippen LogP contribution in [0.15, 0.2) is 42.5 Å². The van der Waals surface area contributed by atoms with Crippen molar-refractivity contribution in [2.75, 3.05) is 17.6 Å². The molecule has 0 aromatic heterocycles. The summed E-state index contributed by atoms with van der Waals surface area (Å²) in [4.78, 5) is 0. The molecular weight excluding hydrogens is 256 g/mol. The third-order valence-corrected chi connectivity index (χ3v) is 4.27. The molecule has 1 aliphatic carbocycles. The number of nitrogens with two attached hydrogens (primary N) is 1. The lowest BCUT2D eigenvalue weighted by Crippen LogP contribution is -2.04. The van der Waals surface area contributed by atoms with E-state index in [1.807, 2.05) is 12.1 Å². The molecule has 1 aliphatic rings. The van der Waals surface area contributed by atoms with Gasteiger partial charge in [0.25, 0.3) is 0 Å². The minimum Gasteiger partial charge on any atom is -0.399 e. The average molecular weight is 278 g/mol. The van der Waals surface area contributed by atoms with Crippen molar-refractivity contribution in [2.24, 2.45) is 0 Å². The van der Waals surface area contributed by atoms with E-state index in [1.165, 1.54) is 33.5 Å². The largest absolute Gasteiger partial charge is 0.399 e. The Morgan fingerprint density at radius 3 is 2.76 bits per heavy atom. The molecule has 2 aromatic carbocycles. The van der Waals surface area contributed by atoms with E-state index in [-0.39, 0.29) is 0 Å². The number of anilines is 2. The highest BCUT2D eigenvalue weighted by atomic mass is 14.9. The molecule has 0 heterocycles. The lowest BCUT2D eigenvalue weighted by Gasteiger charge is -2.12. The third-order valence-electron chi connectivity index (χ3n) is 4.27. The second kappa shape index (κ2) is 5.65. The zero-order valence-corrected chi connectivity index (χ0v) is 12.7. The Morgan fingerprint density at radius 2 is 1.95 bits per heavy atom. The van der Waals surface area contributed by atoms with E-state index in [1.54, 1.807) is 0 Å². The number of aryl methyl sites for hydroxylation is 2. The summed E-state index contributed by atoms with van der Waals surface area (Å²) in [6.07, 6.45) is 4.51. The summed E-state index contributed by atoms with van der Waals surface area (Å²) in [7, 11) is 0. The van der Waals surface area contributed by atoms with Crippen molar-refractivity contribution in [1.29, 1.82) is 0 Å². The third kappa shape index (κ3) is 2.80. The molecule has 0 spiro atoms. The summed E-state index contributed by atoms with van der Waals surface area (Å²) < 4.78 is 0. The fourth-order valence-electron chi connectivity index (χ4n) is 3.06. The molecule has 0 bridgehead atoms. The van der Waals surface area contributed by atoms with Crippen LogP contribution in [0.5, 0.6) is 0 Å². The van der Waals surface area contributed by atoms with Gasteiger partial charge in [0, 0.05) is 17.9 Å². The maximum atomic E-state index is 5.79. The van der Waals surface area contributed by atoms with E-state index >= 15 is 0 Å².